The summed E-state index contributed by atoms with van der Waals surface area (Å²) in [6, 6.07) is 8.45. The molecular formula is C20H31N3O2. The quantitative estimate of drug-likeness (QED) is 0.910. The summed E-state index contributed by atoms with van der Waals surface area (Å²) in [5, 5.41) is 2.75. The summed E-state index contributed by atoms with van der Waals surface area (Å²) in [6.07, 6.45) is 0.963. The Balaban J connectivity index is 1.83. The fraction of sp³-hybridized carbons (Fsp3) is 0.600. The van der Waals surface area contributed by atoms with Gasteiger partial charge in [0, 0.05) is 38.1 Å². The van der Waals surface area contributed by atoms with Crippen LogP contribution in [0.25, 0.3) is 0 Å². The second-order valence-electron chi connectivity index (χ2n) is 7.87. The van der Waals surface area contributed by atoms with Crippen molar-refractivity contribution in [2.75, 3.05) is 32.7 Å². The summed E-state index contributed by atoms with van der Waals surface area (Å²) in [5.41, 5.74) is 2.19. The molecular weight excluding hydrogens is 314 g/mol. The molecule has 2 amide bonds. The molecule has 0 radical (unpaired) electrons. The maximum absolute atomic E-state index is 12.4. The lowest BCUT2D eigenvalue weighted by Gasteiger charge is -2.23. The number of amides is 2. The third-order valence-corrected chi connectivity index (χ3v) is 4.68. The molecule has 0 aliphatic carbocycles. The zero-order valence-corrected chi connectivity index (χ0v) is 16.0. The van der Waals surface area contributed by atoms with Crippen molar-refractivity contribution in [1.82, 2.24) is 15.1 Å². The molecule has 1 aliphatic heterocycles. The average Bonchev–Trinajstić information content (AvgIpc) is 2.79. The van der Waals surface area contributed by atoms with Crippen LogP contribution in [0, 0.1) is 12.3 Å². The van der Waals surface area contributed by atoms with Gasteiger partial charge in [-0.1, -0.05) is 45.0 Å². The van der Waals surface area contributed by atoms with Crippen molar-refractivity contribution in [1.29, 1.82) is 0 Å². The molecule has 0 unspecified atom stereocenters. The first-order valence-electron chi connectivity index (χ1n) is 9.10. The Labute approximate surface area is 151 Å². The first-order valence-corrected chi connectivity index (χ1v) is 9.10. The van der Waals surface area contributed by atoms with Crippen LogP contribution in [0.4, 0.5) is 0 Å². The van der Waals surface area contributed by atoms with Gasteiger partial charge in [0.2, 0.25) is 11.8 Å². The van der Waals surface area contributed by atoms with Gasteiger partial charge in [-0.15, -0.1) is 0 Å². The van der Waals surface area contributed by atoms with Gasteiger partial charge in [0.15, 0.2) is 0 Å². The van der Waals surface area contributed by atoms with Gasteiger partial charge >= 0.3 is 0 Å². The second kappa shape index (κ2) is 8.48. The third-order valence-electron chi connectivity index (χ3n) is 4.68. The Kier molecular flexibility index (Phi) is 6.59. The smallest absolute Gasteiger partial charge is 0.242 e. The van der Waals surface area contributed by atoms with Crippen LogP contribution in [-0.4, -0.2) is 54.3 Å². The van der Waals surface area contributed by atoms with Crippen molar-refractivity contribution in [3.8, 4) is 0 Å². The molecule has 1 saturated heterocycles. The molecule has 1 aromatic rings. The molecule has 0 atom stereocenters. The molecule has 0 aromatic heterocycles. The number of benzene rings is 1. The molecule has 5 heteroatoms. The van der Waals surface area contributed by atoms with E-state index in [2.05, 4.69) is 41.4 Å². The molecule has 1 fully saturated rings. The number of aryl methyl sites for hydroxylation is 1. The molecule has 1 heterocycles. The van der Waals surface area contributed by atoms with Crippen LogP contribution < -0.4 is 5.32 Å². The monoisotopic (exact) mass is 345 g/mol. The van der Waals surface area contributed by atoms with E-state index < -0.39 is 5.41 Å². The predicted octanol–water partition coefficient (Wildman–Crippen LogP) is 2.19. The van der Waals surface area contributed by atoms with E-state index in [1.165, 1.54) is 11.1 Å². The molecule has 0 bridgehead atoms. The summed E-state index contributed by atoms with van der Waals surface area (Å²) in [5.74, 6) is -0.0767. The van der Waals surface area contributed by atoms with Gasteiger partial charge in [-0.2, -0.15) is 0 Å². The lowest BCUT2D eigenvalue weighted by atomic mass is 9.96. The summed E-state index contributed by atoms with van der Waals surface area (Å²) < 4.78 is 0. The Morgan fingerprint density at radius 3 is 2.48 bits per heavy atom. The van der Waals surface area contributed by atoms with Crippen LogP contribution in [0.3, 0.4) is 0 Å². The van der Waals surface area contributed by atoms with E-state index in [0.29, 0.717) is 0 Å². The Bertz CT molecular complexity index is 607. The highest BCUT2D eigenvalue weighted by Crippen LogP contribution is 2.14. The van der Waals surface area contributed by atoms with Crippen molar-refractivity contribution >= 4 is 11.8 Å². The van der Waals surface area contributed by atoms with E-state index in [4.69, 9.17) is 0 Å². The number of nitrogens with one attached hydrogen (secondary N) is 1. The fourth-order valence-corrected chi connectivity index (χ4v) is 2.94. The Hall–Kier alpha value is -1.88. The number of carbonyl (C=O) groups excluding carboxylic acids is 2. The highest BCUT2D eigenvalue weighted by molar-refractivity contribution is 5.87. The zero-order chi connectivity index (χ0) is 18.4. The minimum Gasteiger partial charge on any atom is -0.347 e. The van der Waals surface area contributed by atoms with Gasteiger partial charge < -0.3 is 10.2 Å². The summed E-state index contributed by atoms with van der Waals surface area (Å²) in [4.78, 5) is 28.6. The topological polar surface area (TPSA) is 52.6 Å². The van der Waals surface area contributed by atoms with E-state index in [0.717, 1.165) is 39.1 Å². The first-order chi connectivity index (χ1) is 11.8. The van der Waals surface area contributed by atoms with Crippen molar-refractivity contribution in [2.24, 2.45) is 5.41 Å². The van der Waals surface area contributed by atoms with E-state index >= 15 is 0 Å². The molecule has 0 saturated carbocycles. The van der Waals surface area contributed by atoms with Gasteiger partial charge in [-0.05, 0) is 24.5 Å². The van der Waals surface area contributed by atoms with E-state index in [1.54, 1.807) is 0 Å². The van der Waals surface area contributed by atoms with Crippen molar-refractivity contribution in [3.63, 3.8) is 0 Å². The van der Waals surface area contributed by atoms with Crippen LogP contribution in [-0.2, 0) is 16.1 Å². The van der Waals surface area contributed by atoms with E-state index in [1.807, 2.05) is 25.7 Å². The van der Waals surface area contributed by atoms with Gasteiger partial charge in [0.1, 0.15) is 0 Å². The van der Waals surface area contributed by atoms with Crippen molar-refractivity contribution < 1.29 is 9.59 Å². The van der Waals surface area contributed by atoms with E-state index in [9.17, 15) is 9.59 Å². The Morgan fingerprint density at radius 2 is 1.80 bits per heavy atom. The number of rotatable bonds is 4. The first kappa shape index (κ1) is 19.4. The largest absolute Gasteiger partial charge is 0.347 e. The van der Waals surface area contributed by atoms with Gasteiger partial charge in [-0.3, -0.25) is 14.5 Å². The minimum atomic E-state index is -0.469. The van der Waals surface area contributed by atoms with Crippen molar-refractivity contribution in [3.05, 3.63) is 35.4 Å². The number of nitrogens with zero attached hydrogens (tertiary/aromatic N) is 2. The summed E-state index contributed by atoms with van der Waals surface area (Å²) in [6.45, 7) is 12.0. The van der Waals surface area contributed by atoms with Crippen LogP contribution in [0.1, 0.15) is 38.3 Å². The molecule has 2 rings (SSSR count). The SMILES string of the molecule is Cc1ccccc1CN1CCCN(C(=O)CNC(=O)C(C)(C)C)CC1. The molecule has 1 aliphatic rings. The lowest BCUT2D eigenvalue weighted by molar-refractivity contribution is -0.135. The highest BCUT2D eigenvalue weighted by atomic mass is 16.2. The van der Waals surface area contributed by atoms with Gasteiger partial charge in [-0.25, -0.2) is 0 Å². The molecule has 138 valence electrons. The van der Waals surface area contributed by atoms with Crippen LogP contribution in [0.15, 0.2) is 24.3 Å². The summed E-state index contributed by atoms with van der Waals surface area (Å²) >= 11 is 0. The van der Waals surface area contributed by atoms with Crippen LogP contribution >= 0.6 is 0 Å². The number of carbonyl (C=O) groups is 2. The molecule has 5 nitrogen and oxygen atoms in total. The normalized spacial score (nSPS) is 16.4. The standard InChI is InChI=1S/C20H31N3O2/c1-16-8-5-6-9-17(16)15-22-10-7-11-23(13-12-22)18(24)14-21-19(25)20(2,3)4/h5-6,8-9H,7,10-15H2,1-4H3,(H,21,25). The van der Waals surface area contributed by atoms with Crippen LogP contribution in [0.5, 0.6) is 0 Å². The average molecular weight is 345 g/mol. The summed E-state index contributed by atoms with van der Waals surface area (Å²) in [7, 11) is 0. The highest BCUT2D eigenvalue weighted by Gasteiger charge is 2.24. The van der Waals surface area contributed by atoms with Crippen molar-refractivity contribution in [2.45, 2.75) is 40.7 Å². The Morgan fingerprint density at radius 1 is 1.08 bits per heavy atom. The molecule has 0 spiro atoms. The maximum Gasteiger partial charge on any atom is 0.242 e. The number of hydrogen-bond acceptors (Lipinski definition) is 3. The van der Waals surface area contributed by atoms with E-state index in [-0.39, 0.29) is 18.4 Å². The molecule has 25 heavy (non-hydrogen) atoms. The van der Waals surface area contributed by atoms with Gasteiger partial charge in [0.05, 0.1) is 6.54 Å². The second-order valence-corrected chi connectivity index (χ2v) is 7.87. The maximum atomic E-state index is 12.4. The molecule has 1 N–H and O–H groups in total. The number of hydrogen-bond donors (Lipinski definition) is 1. The minimum absolute atomic E-state index is 0.00958. The zero-order valence-electron chi connectivity index (χ0n) is 16.0. The fourth-order valence-electron chi connectivity index (χ4n) is 2.94. The van der Waals surface area contributed by atoms with Crippen LogP contribution in [0.2, 0.25) is 0 Å². The third kappa shape index (κ3) is 5.85. The molecule has 1 aromatic carbocycles. The predicted molar refractivity (Wildman–Crippen MR) is 100 cm³/mol. The lowest BCUT2D eigenvalue weighted by Crippen LogP contribution is -2.44. The van der Waals surface area contributed by atoms with Gasteiger partial charge in [0.25, 0.3) is 0 Å².